The lowest BCUT2D eigenvalue weighted by Gasteiger charge is -2.31. The summed E-state index contributed by atoms with van der Waals surface area (Å²) in [5, 5.41) is 4.55. The van der Waals surface area contributed by atoms with Crippen molar-refractivity contribution in [2.45, 2.75) is 71.6 Å². The van der Waals surface area contributed by atoms with Crippen LogP contribution in [0.1, 0.15) is 47.1 Å². The van der Waals surface area contributed by atoms with Crippen molar-refractivity contribution in [3.63, 3.8) is 0 Å². The molecule has 2 rings (SSSR count). The highest BCUT2D eigenvalue weighted by Gasteiger charge is 2.44. The van der Waals surface area contributed by atoms with Gasteiger partial charge in [-0.3, -0.25) is 19.3 Å². The van der Waals surface area contributed by atoms with E-state index in [1.165, 1.54) is 17.9 Å². The first-order chi connectivity index (χ1) is 17.2. The first-order valence-corrected chi connectivity index (χ1v) is 11.8. The monoisotopic (exact) mass is 517 g/mol. The van der Waals surface area contributed by atoms with E-state index in [0.29, 0.717) is 0 Å². The number of hydrogen-bond donors (Lipinski definition) is 2. The molecule has 11 nitrogen and oxygen atoms in total. The largest absolute Gasteiger partial charge is 0.444 e. The minimum atomic E-state index is -1.65. The summed E-state index contributed by atoms with van der Waals surface area (Å²) in [4.78, 5) is 63.3. The molecule has 1 aromatic rings. The van der Waals surface area contributed by atoms with Gasteiger partial charge in [0.2, 0.25) is 0 Å². The smallest absolute Gasteiger partial charge is 0.412 e. The van der Waals surface area contributed by atoms with Crippen molar-refractivity contribution < 1.29 is 38.2 Å². The third-order valence-corrected chi connectivity index (χ3v) is 5.12. The Balaban J connectivity index is 2.15. The lowest BCUT2D eigenvalue weighted by atomic mass is 10.1. The molecule has 2 atom stereocenters. The van der Waals surface area contributed by atoms with Gasteiger partial charge in [0.15, 0.2) is 11.8 Å². The molecule has 202 valence electrons. The number of nitrogens with zero attached hydrogens (tertiary/aromatic N) is 1. The number of amides is 3. The topological polar surface area (TPSA) is 140 Å². The van der Waals surface area contributed by atoms with Crippen molar-refractivity contribution in [2.75, 3.05) is 13.2 Å². The number of Topliss-reactive ketones (excluding diaryl/α,β-unsaturated/α-hetero) is 1. The number of nitrogens with one attached hydrogen (secondary N) is 2. The van der Waals surface area contributed by atoms with Gasteiger partial charge in [0.1, 0.15) is 23.7 Å². The van der Waals surface area contributed by atoms with E-state index in [0.717, 1.165) is 11.6 Å². The van der Waals surface area contributed by atoms with Crippen molar-refractivity contribution >= 4 is 29.7 Å². The Kier molecular flexibility index (Phi) is 9.96. The molecule has 0 spiro atoms. The zero-order chi connectivity index (χ0) is 27.8. The van der Waals surface area contributed by atoms with Gasteiger partial charge >= 0.3 is 12.2 Å². The number of hydrogen-bond acceptors (Lipinski definition) is 8. The maximum absolute atomic E-state index is 13.0. The van der Waals surface area contributed by atoms with Gasteiger partial charge in [0.25, 0.3) is 5.91 Å². The molecule has 1 aromatic carbocycles. The Hall–Kier alpha value is -3.73. The van der Waals surface area contributed by atoms with Crippen LogP contribution in [0, 0.1) is 0 Å². The first-order valence-electron chi connectivity index (χ1n) is 11.8. The molecule has 1 aliphatic rings. The SMILES string of the molecule is CC(=O)CNC(=O)C(NC(=O)OC(C)(C)C)C(=O)/C=C/[C@@H]1COC(C)(C)N1C(=O)OCc1ccccc1. The van der Waals surface area contributed by atoms with Crippen LogP contribution >= 0.6 is 0 Å². The molecular formula is C26H35N3O8. The average molecular weight is 518 g/mol. The second-order valence-corrected chi connectivity index (χ2v) is 10.00. The fourth-order valence-corrected chi connectivity index (χ4v) is 3.43. The molecular weight excluding hydrogens is 482 g/mol. The number of alkyl carbamates (subject to hydrolysis) is 1. The van der Waals surface area contributed by atoms with Gasteiger partial charge in [-0.05, 0) is 53.2 Å². The van der Waals surface area contributed by atoms with Crippen molar-refractivity contribution in [3.05, 3.63) is 48.0 Å². The molecule has 0 saturated carbocycles. The zero-order valence-corrected chi connectivity index (χ0v) is 22.0. The minimum absolute atomic E-state index is 0.0554. The van der Waals surface area contributed by atoms with Gasteiger partial charge in [-0.2, -0.15) is 0 Å². The first kappa shape index (κ1) is 29.5. The van der Waals surface area contributed by atoms with Gasteiger partial charge < -0.3 is 24.8 Å². The maximum Gasteiger partial charge on any atom is 0.412 e. The second kappa shape index (κ2) is 12.5. The Morgan fingerprint density at radius 3 is 2.41 bits per heavy atom. The van der Waals surface area contributed by atoms with Gasteiger partial charge in [-0.25, -0.2) is 9.59 Å². The van der Waals surface area contributed by atoms with E-state index in [-0.39, 0.29) is 25.5 Å². The Morgan fingerprint density at radius 1 is 1.16 bits per heavy atom. The molecule has 1 saturated heterocycles. The molecule has 0 aromatic heterocycles. The molecule has 1 heterocycles. The summed E-state index contributed by atoms with van der Waals surface area (Å²) in [5.41, 5.74) is -1.07. The lowest BCUT2D eigenvalue weighted by molar-refractivity contribution is -0.130. The van der Waals surface area contributed by atoms with Crippen molar-refractivity contribution in [1.82, 2.24) is 15.5 Å². The highest BCUT2D eigenvalue weighted by molar-refractivity contribution is 6.12. The van der Waals surface area contributed by atoms with Crippen LogP contribution in [0.3, 0.4) is 0 Å². The minimum Gasteiger partial charge on any atom is -0.444 e. The van der Waals surface area contributed by atoms with E-state index in [4.69, 9.17) is 14.2 Å². The van der Waals surface area contributed by atoms with Crippen LogP contribution in [0.25, 0.3) is 0 Å². The zero-order valence-electron chi connectivity index (χ0n) is 22.0. The lowest BCUT2D eigenvalue weighted by Crippen LogP contribution is -2.52. The van der Waals surface area contributed by atoms with E-state index in [2.05, 4.69) is 10.6 Å². The molecule has 0 bridgehead atoms. The summed E-state index contributed by atoms with van der Waals surface area (Å²) < 4.78 is 16.3. The molecule has 0 radical (unpaired) electrons. The normalized spacial score (nSPS) is 17.7. The van der Waals surface area contributed by atoms with Crippen LogP contribution in [-0.4, -0.2) is 71.1 Å². The molecule has 37 heavy (non-hydrogen) atoms. The molecule has 2 N–H and O–H groups in total. The Labute approximate surface area is 216 Å². The Bertz CT molecular complexity index is 1030. The summed E-state index contributed by atoms with van der Waals surface area (Å²) in [5.74, 6) is -1.99. The predicted octanol–water partition coefficient (Wildman–Crippen LogP) is 2.48. The number of carbonyl (C=O) groups excluding carboxylic acids is 5. The molecule has 1 fully saturated rings. The fourth-order valence-electron chi connectivity index (χ4n) is 3.43. The number of ketones is 2. The standard InChI is InChI=1S/C26H35N3O8/c1-17(30)14-27-22(32)21(28-23(33)37-25(2,3)4)20(31)13-12-19-16-36-26(5,6)29(19)24(34)35-15-18-10-8-7-9-11-18/h7-13,19,21H,14-16H2,1-6H3,(H,27,32)(H,28,33)/b13-12+/t19-,21?/m1/s1. The summed E-state index contributed by atoms with van der Waals surface area (Å²) in [7, 11) is 0. The summed E-state index contributed by atoms with van der Waals surface area (Å²) >= 11 is 0. The number of benzene rings is 1. The number of rotatable bonds is 9. The molecule has 11 heteroatoms. The predicted molar refractivity (Wildman–Crippen MR) is 133 cm³/mol. The summed E-state index contributed by atoms with van der Waals surface area (Å²) in [6.07, 6.45) is 0.871. The van der Waals surface area contributed by atoms with Gasteiger partial charge in [-0.1, -0.05) is 36.4 Å². The van der Waals surface area contributed by atoms with Crippen molar-refractivity contribution in [2.24, 2.45) is 0 Å². The van der Waals surface area contributed by atoms with E-state index in [1.807, 2.05) is 30.3 Å². The van der Waals surface area contributed by atoms with Crippen LogP contribution in [0.2, 0.25) is 0 Å². The van der Waals surface area contributed by atoms with Crippen molar-refractivity contribution in [1.29, 1.82) is 0 Å². The summed E-state index contributed by atoms with van der Waals surface area (Å²) in [6.45, 7) is 9.37. The van der Waals surface area contributed by atoms with Gasteiger partial charge in [0, 0.05) is 0 Å². The number of carbonyl (C=O) groups is 5. The summed E-state index contributed by atoms with van der Waals surface area (Å²) in [6, 6.07) is 6.83. The Morgan fingerprint density at radius 2 is 1.81 bits per heavy atom. The van der Waals surface area contributed by atoms with Crippen LogP contribution < -0.4 is 10.6 Å². The highest BCUT2D eigenvalue weighted by atomic mass is 16.6. The second-order valence-electron chi connectivity index (χ2n) is 10.00. The van der Waals surface area contributed by atoms with Gasteiger partial charge in [0.05, 0.1) is 19.2 Å². The van der Waals surface area contributed by atoms with Gasteiger partial charge in [-0.15, -0.1) is 0 Å². The third kappa shape index (κ3) is 9.34. The van der Waals surface area contributed by atoms with Crippen LogP contribution in [0.4, 0.5) is 9.59 Å². The molecule has 1 aliphatic heterocycles. The van der Waals surface area contributed by atoms with Crippen LogP contribution in [0.5, 0.6) is 0 Å². The van der Waals surface area contributed by atoms with Crippen LogP contribution in [-0.2, 0) is 35.2 Å². The quantitative estimate of drug-likeness (QED) is 0.376. The highest BCUT2D eigenvalue weighted by Crippen LogP contribution is 2.29. The third-order valence-electron chi connectivity index (χ3n) is 5.12. The molecule has 1 unspecified atom stereocenters. The number of ether oxygens (including phenoxy) is 3. The van der Waals surface area contributed by atoms with E-state index < -0.39 is 47.3 Å². The average Bonchev–Trinajstić information content (AvgIpc) is 3.11. The molecule has 3 amide bonds. The van der Waals surface area contributed by atoms with Crippen LogP contribution in [0.15, 0.2) is 42.5 Å². The maximum atomic E-state index is 13.0. The van der Waals surface area contributed by atoms with E-state index in [9.17, 15) is 24.0 Å². The molecule has 0 aliphatic carbocycles. The fraction of sp³-hybridized carbons (Fsp3) is 0.500. The van der Waals surface area contributed by atoms with E-state index >= 15 is 0 Å². The van der Waals surface area contributed by atoms with E-state index in [1.54, 1.807) is 34.6 Å². The van der Waals surface area contributed by atoms with Crippen molar-refractivity contribution in [3.8, 4) is 0 Å².